The zero-order valence-electron chi connectivity index (χ0n) is 23.0. The lowest BCUT2D eigenvalue weighted by Gasteiger charge is -1.94. The first-order valence-corrected chi connectivity index (χ1v) is 10.7. The van der Waals surface area contributed by atoms with E-state index in [0.717, 1.165) is 26.1 Å². The van der Waals surface area contributed by atoms with Gasteiger partial charge in [-0.05, 0) is 40.5 Å². The van der Waals surface area contributed by atoms with Gasteiger partial charge in [0.2, 0.25) is 0 Å². The summed E-state index contributed by atoms with van der Waals surface area (Å²) >= 11 is 0. The van der Waals surface area contributed by atoms with Gasteiger partial charge in [0.1, 0.15) is 0 Å². The van der Waals surface area contributed by atoms with Crippen molar-refractivity contribution in [3.05, 3.63) is 0 Å². The Morgan fingerprint density at radius 2 is 0.842 bits per heavy atom. The van der Waals surface area contributed by atoms with E-state index < -0.39 is 0 Å². The van der Waals surface area contributed by atoms with Gasteiger partial charge in [-0.25, -0.2) is 0 Å². The highest BCUT2D eigenvalue weighted by molar-refractivity contribution is 5.66. The Kier molecular flexibility index (Phi) is 168. The van der Waals surface area contributed by atoms with E-state index in [4.69, 9.17) is 9.47 Å². The maximum atomic E-state index is 9.98. The maximum Gasteiger partial charge on any atom is 0.302 e. The Labute approximate surface area is 241 Å². The van der Waals surface area contributed by atoms with E-state index in [9.17, 15) is 14.4 Å². The Balaban J connectivity index is -0.0000000208. The average molecular weight is 569 g/mol. The summed E-state index contributed by atoms with van der Waals surface area (Å²) in [4.78, 5) is 29.4. The van der Waals surface area contributed by atoms with Gasteiger partial charge in [0, 0.05) is 55.3 Å². The summed E-state index contributed by atoms with van der Waals surface area (Å²) in [6.45, 7) is 18.7. The van der Waals surface area contributed by atoms with Crippen LogP contribution in [0.3, 0.4) is 0 Å². The lowest BCUT2D eigenvalue weighted by Crippen LogP contribution is -1.98. The molecule has 0 radical (unpaired) electrons. The second-order valence-electron chi connectivity index (χ2n) is 5.81. The molecule has 9 nitrogen and oxygen atoms in total. The van der Waals surface area contributed by atoms with Crippen LogP contribution in [-0.2, 0) is 42.8 Å². The van der Waals surface area contributed by atoms with Gasteiger partial charge in [0.15, 0.2) is 0 Å². The topological polar surface area (TPSA) is 107 Å². The quantitative estimate of drug-likeness (QED) is 0.221. The van der Waals surface area contributed by atoms with Gasteiger partial charge in [0.05, 0.1) is 26.4 Å². The zero-order valence-corrected chi connectivity index (χ0v) is 23.0. The van der Waals surface area contributed by atoms with Crippen molar-refractivity contribution in [3.8, 4) is 0 Å². The number of rotatable bonds is 7. The summed E-state index contributed by atoms with van der Waals surface area (Å²) in [6, 6.07) is 0. The summed E-state index contributed by atoms with van der Waals surface area (Å²) in [7, 11) is 6.44. The van der Waals surface area contributed by atoms with Crippen LogP contribution in [0, 0.1) is 0 Å². The average Bonchev–Trinajstić information content (AvgIpc) is 2.74. The lowest BCUT2D eigenvalue weighted by molar-refractivity contribution is -0.141. The predicted octanol–water partition coefficient (Wildman–Crippen LogP) is 8.26. The van der Waals surface area contributed by atoms with Gasteiger partial charge in [-0.2, -0.15) is 0 Å². The minimum atomic E-state index is -0.245. The number of esters is 3. The second kappa shape index (κ2) is 83.5. The van der Waals surface area contributed by atoms with Crippen LogP contribution in [0.2, 0.25) is 0 Å². The van der Waals surface area contributed by atoms with Crippen molar-refractivity contribution in [2.45, 2.75) is 126 Å². The fraction of sp³-hybridized carbons (Fsp3) is 0.897. The summed E-state index contributed by atoms with van der Waals surface area (Å²) in [6.07, 6.45) is 2.41. The molecule has 0 aromatic heterocycles. The van der Waals surface area contributed by atoms with E-state index in [-0.39, 0.29) is 62.5 Å². The molecule has 0 aromatic rings. The number of carbonyl (C=O) groups excluding carboxylic acids is 3. The molecule has 0 aliphatic carbocycles. The van der Waals surface area contributed by atoms with Crippen LogP contribution in [-0.4, -0.2) is 78.9 Å². The molecule has 0 bridgehead atoms. The second-order valence-corrected chi connectivity index (χ2v) is 5.81. The molecule has 0 saturated carbocycles. The van der Waals surface area contributed by atoms with Crippen molar-refractivity contribution in [3.63, 3.8) is 0 Å². The first-order valence-electron chi connectivity index (χ1n) is 10.7. The van der Waals surface area contributed by atoms with Crippen molar-refractivity contribution in [1.29, 1.82) is 0 Å². The summed E-state index contributed by atoms with van der Waals surface area (Å²) in [5, 5.41) is 0. The molecule has 0 amide bonds. The summed E-state index contributed by atoms with van der Waals surface area (Å²) in [5.41, 5.74) is 0. The third kappa shape index (κ3) is 252. The molecule has 0 atom stereocenters. The Hall–Kier alpha value is -1.71. The molecule has 38 heavy (non-hydrogen) atoms. The standard InChI is InChI=1S/C5H10O2.C4H8O2.2C4H10O.C3H6O2.C3H8O.6CH4/c1-3-4-7-5(2)6;1-3-6-4(2)5;1-4(2)5-3;1-3-4-5-2;1-3(4)5-2;1-3-4-2;;;;;;/h3-4H2,1-2H3;3H2,1-2H3;4H,1-3H3;3-4H2,1-2H3;1-2H3;3H2,1-2H3;6*1H4. The molecule has 0 rings (SSSR count). The van der Waals surface area contributed by atoms with Crippen LogP contribution in [0.15, 0.2) is 0 Å². The van der Waals surface area contributed by atoms with Crippen LogP contribution in [0.5, 0.6) is 0 Å². The lowest BCUT2D eigenvalue weighted by atomic mass is 10.5. The largest absolute Gasteiger partial charge is 0.469 e. The molecule has 9 heteroatoms. The first-order chi connectivity index (χ1) is 14.9. The number of carbonyl (C=O) groups is 3. The predicted molar refractivity (Wildman–Crippen MR) is 169 cm³/mol. The fourth-order valence-electron chi connectivity index (χ4n) is 0.653. The Bertz CT molecular complexity index is 345. The van der Waals surface area contributed by atoms with E-state index in [1.54, 1.807) is 28.3 Å². The van der Waals surface area contributed by atoms with Crippen LogP contribution in [0.4, 0.5) is 0 Å². The van der Waals surface area contributed by atoms with Crippen molar-refractivity contribution >= 4 is 17.9 Å². The van der Waals surface area contributed by atoms with E-state index in [0.29, 0.717) is 19.3 Å². The van der Waals surface area contributed by atoms with Crippen LogP contribution in [0.1, 0.15) is 120 Å². The molecule has 0 heterocycles. The molecule has 0 aliphatic rings. The maximum absolute atomic E-state index is 9.98. The van der Waals surface area contributed by atoms with E-state index in [1.807, 2.05) is 27.7 Å². The van der Waals surface area contributed by atoms with Gasteiger partial charge < -0.3 is 28.4 Å². The molecule has 0 N–H and O–H groups in total. The Morgan fingerprint density at radius 3 is 0.868 bits per heavy atom. The fourth-order valence-corrected chi connectivity index (χ4v) is 0.653. The Morgan fingerprint density at radius 1 is 0.553 bits per heavy atom. The number of hydrogen-bond donors (Lipinski definition) is 0. The SMILES string of the molecule is C.C.C.C.C.C.CCCOC.CCCOC(C)=O.CCOC.CCOC(C)=O.COC(C)=O.COC(C)C. The molecule has 0 saturated heterocycles. The van der Waals surface area contributed by atoms with E-state index in [2.05, 4.69) is 25.9 Å². The van der Waals surface area contributed by atoms with Crippen LogP contribution in [0.25, 0.3) is 0 Å². The third-order valence-corrected chi connectivity index (χ3v) is 2.31. The normalized spacial score (nSPS) is 6.79. The summed E-state index contributed by atoms with van der Waals surface area (Å²) in [5.74, 6) is -0.649. The number of ether oxygens (including phenoxy) is 6. The molecule has 0 aromatic carbocycles. The van der Waals surface area contributed by atoms with Crippen LogP contribution >= 0.6 is 0 Å². The minimum absolute atomic E-state index is 0. The highest BCUT2D eigenvalue weighted by Crippen LogP contribution is 1.79. The van der Waals surface area contributed by atoms with Gasteiger partial charge in [-0.3, -0.25) is 14.4 Å². The van der Waals surface area contributed by atoms with Crippen molar-refractivity contribution in [2.75, 3.05) is 54.9 Å². The zero-order chi connectivity index (χ0) is 26.8. The molecule has 246 valence electrons. The molecular formula is C29H76O9. The van der Waals surface area contributed by atoms with Crippen LogP contribution < -0.4 is 0 Å². The molecule has 0 spiro atoms. The minimum Gasteiger partial charge on any atom is -0.469 e. The van der Waals surface area contributed by atoms with Gasteiger partial charge in [0.25, 0.3) is 0 Å². The third-order valence-electron chi connectivity index (χ3n) is 2.31. The van der Waals surface area contributed by atoms with Crippen molar-refractivity contribution in [1.82, 2.24) is 0 Å². The van der Waals surface area contributed by atoms with Crippen molar-refractivity contribution < 1.29 is 42.8 Å². The van der Waals surface area contributed by atoms with Gasteiger partial charge >= 0.3 is 17.9 Å². The summed E-state index contributed by atoms with van der Waals surface area (Å²) < 4.78 is 27.0. The van der Waals surface area contributed by atoms with Gasteiger partial charge in [-0.1, -0.05) is 58.4 Å². The number of hydrogen-bond acceptors (Lipinski definition) is 9. The van der Waals surface area contributed by atoms with Crippen molar-refractivity contribution in [2.24, 2.45) is 0 Å². The highest BCUT2D eigenvalue weighted by Gasteiger charge is 1.85. The molecular weight excluding hydrogens is 492 g/mol. The highest BCUT2D eigenvalue weighted by atomic mass is 16.5. The first kappa shape index (κ1) is 76.6. The molecule has 0 aliphatic heterocycles. The van der Waals surface area contributed by atoms with E-state index in [1.165, 1.54) is 27.9 Å². The monoisotopic (exact) mass is 569 g/mol. The molecule has 0 fully saturated rings. The smallest absolute Gasteiger partial charge is 0.302 e. The molecule has 0 unspecified atom stereocenters. The van der Waals surface area contributed by atoms with E-state index >= 15 is 0 Å². The van der Waals surface area contributed by atoms with Gasteiger partial charge in [-0.15, -0.1) is 0 Å². The number of methoxy groups -OCH3 is 4.